The number of cyclic esters (lactones) is 1. The molecule has 2 heterocycles. The third kappa shape index (κ3) is 1.93. The van der Waals surface area contributed by atoms with Gasteiger partial charge in [0.2, 0.25) is 0 Å². The van der Waals surface area contributed by atoms with Crippen molar-refractivity contribution < 1.29 is 22.7 Å². The van der Waals surface area contributed by atoms with Gasteiger partial charge in [-0.1, -0.05) is 6.07 Å². The van der Waals surface area contributed by atoms with Gasteiger partial charge >= 0.3 is 12.3 Å². The molecule has 1 atom stereocenters. The maximum absolute atomic E-state index is 12.6. The molecule has 86 valence electrons. The van der Waals surface area contributed by atoms with Crippen molar-refractivity contribution >= 4 is 6.09 Å². The first-order valence-electron chi connectivity index (χ1n) is 4.44. The number of hydrogen-bond acceptors (Lipinski definition) is 3. The molecule has 16 heavy (non-hydrogen) atoms. The van der Waals surface area contributed by atoms with Gasteiger partial charge in [0.05, 0.1) is 6.04 Å². The lowest BCUT2D eigenvalue weighted by Crippen LogP contribution is -2.22. The van der Waals surface area contributed by atoms with E-state index in [9.17, 15) is 18.0 Å². The van der Waals surface area contributed by atoms with Crippen molar-refractivity contribution in [3.8, 4) is 0 Å². The van der Waals surface area contributed by atoms with E-state index in [1.54, 1.807) is 0 Å². The highest BCUT2D eigenvalue weighted by Crippen LogP contribution is 2.33. The third-order valence-electron chi connectivity index (χ3n) is 2.16. The van der Waals surface area contributed by atoms with Gasteiger partial charge in [0, 0.05) is 11.8 Å². The minimum Gasteiger partial charge on any atom is -0.447 e. The summed E-state index contributed by atoms with van der Waals surface area (Å²) in [7, 11) is 0. The molecule has 1 aliphatic heterocycles. The number of aromatic nitrogens is 1. The van der Waals surface area contributed by atoms with E-state index in [0.29, 0.717) is 0 Å². The van der Waals surface area contributed by atoms with Crippen molar-refractivity contribution in [3.63, 3.8) is 0 Å². The third-order valence-corrected chi connectivity index (χ3v) is 2.16. The second-order valence-electron chi connectivity index (χ2n) is 3.23. The summed E-state index contributed by atoms with van der Waals surface area (Å²) in [6.45, 7) is -0.117. The van der Waals surface area contributed by atoms with Crippen LogP contribution in [0.4, 0.5) is 18.0 Å². The van der Waals surface area contributed by atoms with Crippen LogP contribution < -0.4 is 5.32 Å². The number of nitrogens with one attached hydrogen (secondary N) is 1. The Bertz CT molecular complexity index is 419. The van der Waals surface area contributed by atoms with Gasteiger partial charge < -0.3 is 10.1 Å². The van der Waals surface area contributed by atoms with Gasteiger partial charge in [0.25, 0.3) is 0 Å². The highest BCUT2D eigenvalue weighted by atomic mass is 19.4. The summed E-state index contributed by atoms with van der Waals surface area (Å²) in [6.07, 6.45) is -4.20. The van der Waals surface area contributed by atoms with Gasteiger partial charge in [-0.05, 0) is 6.07 Å². The molecule has 1 fully saturated rings. The van der Waals surface area contributed by atoms with Crippen molar-refractivity contribution in [1.29, 1.82) is 0 Å². The van der Waals surface area contributed by atoms with Crippen LogP contribution in [0.15, 0.2) is 18.3 Å². The molecule has 4 nitrogen and oxygen atoms in total. The Morgan fingerprint density at radius 3 is 2.81 bits per heavy atom. The van der Waals surface area contributed by atoms with E-state index in [2.05, 4.69) is 15.0 Å². The average molecular weight is 232 g/mol. The van der Waals surface area contributed by atoms with Crippen molar-refractivity contribution in [3.05, 3.63) is 29.6 Å². The van der Waals surface area contributed by atoms with E-state index >= 15 is 0 Å². The van der Waals surface area contributed by atoms with E-state index in [1.165, 1.54) is 12.1 Å². The normalized spacial score (nSPS) is 20.4. The number of pyridine rings is 1. The van der Waals surface area contributed by atoms with Gasteiger partial charge in [-0.3, -0.25) is 4.98 Å². The van der Waals surface area contributed by atoms with Gasteiger partial charge in [-0.25, -0.2) is 4.79 Å². The fourth-order valence-electron chi connectivity index (χ4n) is 1.49. The molecule has 1 aromatic rings. The van der Waals surface area contributed by atoms with Gasteiger partial charge in [-0.15, -0.1) is 0 Å². The lowest BCUT2D eigenvalue weighted by molar-refractivity contribution is -0.142. The Morgan fingerprint density at radius 1 is 1.50 bits per heavy atom. The van der Waals surface area contributed by atoms with Crippen LogP contribution in [0.25, 0.3) is 0 Å². The Kier molecular flexibility index (Phi) is 2.45. The lowest BCUT2D eigenvalue weighted by atomic mass is 10.1. The Labute approximate surface area is 88.4 Å². The predicted molar refractivity (Wildman–Crippen MR) is 46.5 cm³/mol. The SMILES string of the molecule is O=C1NC(c2cccnc2C(F)(F)F)CO1. The van der Waals surface area contributed by atoms with Crippen LogP contribution in [-0.4, -0.2) is 17.7 Å². The molecule has 0 aliphatic carbocycles. The summed E-state index contributed by atoms with van der Waals surface area (Å²) in [5.41, 5.74) is -1.08. The molecule has 7 heteroatoms. The molecule has 1 unspecified atom stereocenters. The summed E-state index contributed by atoms with van der Waals surface area (Å²) in [4.78, 5) is 14.0. The molecular weight excluding hydrogens is 225 g/mol. The molecule has 1 saturated heterocycles. The van der Waals surface area contributed by atoms with Crippen molar-refractivity contribution in [1.82, 2.24) is 10.3 Å². The zero-order valence-electron chi connectivity index (χ0n) is 7.91. The van der Waals surface area contributed by atoms with E-state index in [0.717, 1.165) is 6.20 Å². The van der Waals surface area contributed by atoms with Crippen molar-refractivity contribution in [2.75, 3.05) is 6.61 Å². The minimum absolute atomic E-state index is 0.0825. The maximum atomic E-state index is 12.6. The fraction of sp³-hybridized carbons (Fsp3) is 0.333. The highest BCUT2D eigenvalue weighted by Gasteiger charge is 2.38. The first-order valence-corrected chi connectivity index (χ1v) is 4.44. The van der Waals surface area contributed by atoms with Crippen LogP contribution in [-0.2, 0) is 10.9 Å². The topological polar surface area (TPSA) is 51.2 Å². The van der Waals surface area contributed by atoms with Crippen LogP contribution in [0, 0.1) is 0 Å². The molecule has 0 bridgehead atoms. The number of carbonyl (C=O) groups excluding carboxylic acids is 1. The first-order chi connectivity index (χ1) is 7.48. The van der Waals surface area contributed by atoms with E-state index in [4.69, 9.17) is 0 Å². The average Bonchev–Trinajstić information content (AvgIpc) is 2.64. The van der Waals surface area contributed by atoms with E-state index in [-0.39, 0.29) is 12.2 Å². The van der Waals surface area contributed by atoms with Gasteiger partial charge in [-0.2, -0.15) is 13.2 Å². The molecule has 0 spiro atoms. The molecule has 2 rings (SSSR count). The van der Waals surface area contributed by atoms with Crippen LogP contribution >= 0.6 is 0 Å². The monoisotopic (exact) mass is 232 g/mol. The molecule has 1 N–H and O–H groups in total. The fourth-order valence-corrected chi connectivity index (χ4v) is 1.49. The van der Waals surface area contributed by atoms with Crippen LogP contribution in [0.5, 0.6) is 0 Å². The van der Waals surface area contributed by atoms with Gasteiger partial charge in [0.1, 0.15) is 12.3 Å². The smallest absolute Gasteiger partial charge is 0.433 e. The molecular formula is C9H7F3N2O2. The Morgan fingerprint density at radius 2 is 2.25 bits per heavy atom. The lowest BCUT2D eigenvalue weighted by Gasteiger charge is -2.14. The molecule has 1 aromatic heterocycles. The van der Waals surface area contributed by atoms with Crippen molar-refractivity contribution in [2.45, 2.75) is 12.2 Å². The molecule has 0 saturated carbocycles. The first kappa shape index (κ1) is 10.7. The predicted octanol–water partition coefficient (Wildman–Crippen LogP) is 1.88. The highest BCUT2D eigenvalue weighted by molar-refractivity contribution is 5.70. The van der Waals surface area contributed by atoms with Crippen LogP contribution in [0.1, 0.15) is 17.3 Å². The number of ether oxygens (including phenoxy) is 1. The summed E-state index contributed by atoms with van der Waals surface area (Å²) in [6, 6.07) is 1.86. The molecule has 0 aromatic carbocycles. The van der Waals surface area contributed by atoms with E-state index in [1.807, 2.05) is 0 Å². The second-order valence-corrected chi connectivity index (χ2v) is 3.23. The van der Waals surface area contributed by atoms with E-state index < -0.39 is 24.0 Å². The summed E-state index contributed by atoms with van der Waals surface area (Å²) < 4.78 is 42.3. The van der Waals surface area contributed by atoms with Crippen molar-refractivity contribution in [2.24, 2.45) is 0 Å². The molecule has 0 radical (unpaired) electrons. The number of halogens is 3. The van der Waals surface area contributed by atoms with Gasteiger partial charge in [0.15, 0.2) is 0 Å². The number of alkyl halides is 3. The summed E-state index contributed by atoms with van der Waals surface area (Å²) in [5.74, 6) is 0. The Balaban J connectivity index is 2.37. The number of nitrogens with zero attached hydrogens (tertiary/aromatic N) is 1. The zero-order valence-corrected chi connectivity index (χ0v) is 7.91. The standard InChI is InChI=1S/C9H7F3N2O2/c10-9(11,12)7-5(2-1-3-13-7)6-4-16-8(15)14-6/h1-3,6H,4H2,(H,14,15). The second kappa shape index (κ2) is 3.66. The van der Waals surface area contributed by atoms with Crippen LogP contribution in [0.2, 0.25) is 0 Å². The minimum atomic E-state index is -4.54. The molecule has 1 amide bonds. The summed E-state index contributed by atoms with van der Waals surface area (Å²) >= 11 is 0. The largest absolute Gasteiger partial charge is 0.447 e. The number of amides is 1. The van der Waals surface area contributed by atoms with Crippen LogP contribution in [0.3, 0.4) is 0 Å². The number of rotatable bonds is 1. The Hall–Kier alpha value is -1.79. The number of hydrogen-bond donors (Lipinski definition) is 1. The quantitative estimate of drug-likeness (QED) is 0.804. The molecule has 1 aliphatic rings. The maximum Gasteiger partial charge on any atom is 0.433 e. The number of alkyl carbamates (subject to hydrolysis) is 1. The number of carbonyl (C=O) groups is 1. The summed E-state index contributed by atoms with van der Waals surface area (Å²) in [5, 5.41) is 2.28. The zero-order chi connectivity index (χ0) is 11.8.